The molecule has 0 spiro atoms. The summed E-state index contributed by atoms with van der Waals surface area (Å²) in [6, 6.07) is -0.446. The van der Waals surface area contributed by atoms with Gasteiger partial charge in [-0.3, -0.25) is 4.79 Å². The first-order chi connectivity index (χ1) is 11.9. The van der Waals surface area contributed by atoms with Crippen LogP contribution in [0.3, 0.4) is 0 Å². The van der Waals surface area contributed by atoms with Crippen LogP contribution in [0.15, 0.2) is 11.6 Å². The summed E-state index contributed by atoms with van der Waals surface area (Å²) >= 11 is 0. The van der Waals surface area contributed by atoms with Crippen LogP contribution in [0.25, 0.3) is 0 Å². The van der Waals surface area contributed by atoms with Crippen molar-refractivity contribution in [3.8, 4) is 0 Å². The number of Topliss-reactive ketones (excluding diaryl/α,β-unsaturated/α-hetero) is 1. The summed E-state index contributed by atoms with van der Waals surface area (Å²) in [7, 11) is 0. The highest BCUT2D eigenvalue weighted by atomic mass is 16.6. The van der Waals surface area contributed by atoms with Crippen molar-refractivity contribution in [1.29, 1.82) is 0 Å². The Morgan fingerprint density at radius 2 is 1.92 bits per heavy atom. The fourth-order valence-corrected chi connectivity index (χ4v) is 4.52. The minimum absolute atomic E-state index is 0.0504. The van der Waals surface area contributed by atoms with E-state index in [4.69, 9.17) is 9.47 Å². The summed E-state index contributed by atoms with van der Waals surface area (Å²) in [6.07, 6.45) is 1.38. The fourth-order valence-electron chi connectivity index (χ4n) is 4.52. The maximum atomic E-state index is 12.7. The Kier molecular flexibility index (Phi) is 4.49. The minimum Gasteiger partial charge on any atom is -0.448 e. The van der Waals surface area contributed by atoms with Crippen LogP contribution in [-0.2, 0) is 14.3 Å². The monoisotopic (exact) mass is 352 g/mol. The summed E-state index contributed by atoms with van der Waals surface area (Å²) in [5.74, 6) is -0.645. The van der Waals surface area contributed by atoms with Crippen LogP contribution in [0, 0.1) is 11.8 Å². The number of rotatable bonds is 4. The highest BCUT2D eigenvalue weighted by Crippen LogP contribution is 2.57. The number of amides is 2. The number of aliphatic hydroxyl groups excluding tert-OH is 1. The normalized spacial score (nSPS) is 32.7. The molecule has 4 atom stereocenters. The molecule has 0 unspecified atom stereocenters. The van der Waals surface area contributed by atoms with Crippen molar-refractivity contribution in [3.63, 3.8) is 0 Å². The number of ketones is 1. The van der Waals surface area contributed by atoms with Gasteiger partial charge in [0.05, 0.1) is 30.7 Å². The number of hydrogen-bond donors (Lipinski definition) is 1. The van der Waals surface area contributed by atoms with Crippen LogP contribution < -0.4 is 0 Å². The lowest BCUT2D eigenvalue weighted by Crippen LogP contribution is -2.63. The Labute approximate surface area is 146 Å². The van der Waals surface area contributed by atoms with E-state index in [0.717, 1.165) is 0 Å². The van der Waals surface area contributed by atoms with Gasteiger partial charge in [-0.2, -0.15) is 0 Å². The number of ether oxygens (including phenoxy) is 2. The van der Waals surface area contributed by atoms with Gasteiger partial charge in [-0.1, -0.05) is 6.08 Å². The number of fused-ring (bicyclic) bond motifs is 5. The lowest BCUT2D eigenvalue weighted by molar-refractivity contribution is -0.130. The van der Waals surface area contributed by atoms with E-state index in [9.17, 15) is 19.5 Å². The van der Waals surface area contributed by atoms with Crippen LogP contribution in [0.4, 0.5) is 9.59 Å². The SMILES string of the molecule is CCOC(=O)N1[C@H]2C[C@](C)([C@@H]3C=C(CCO)C(=O)[C@@H]32)N1C(=O)OCC. The molecule has 138 valence electrons. The van der Waals surface area contributed by atoms with Gasteiger partial charge in [-0.25, -0.2) is 19.6 Å². The molecular formula is C17H24N2O6. The highest BCUT2D eigenvalue weighted by Gasteiger charge is 2.69. The molecule has 0 aromatic carbocycles. The largest absolute Gasteiger partial charge is 0.448 e. The summed E-state index contributed by atoms with van der Waals surface area (Å²) in [5.41, 5.74) is -0.163. The van der Waals surface area contributed by atoms with E-state index in [1.807, 2.05) is 13.0 Å². The Morgan fingerprint density at radius 1 is 1.28 bits per heavy atom. The zero-order valence-corrected chi connectivity index (χ0v) is 14.7. The Bertz CT molecular complexity index is 633. The zero-order valence-electron chi connectivity index (χ0n) is 14.7. The first kappa shape index (κ1) is 17.7. The second-order valence-electron chi connectivity index (χ2n) is 6.76. The lowest BCUT2D eigenvalue weighted by atomic mass is 9.84. The van der Waals surface area contributed by atoms with Gasteiger partial charge in [-0.15, -0.1) is 0 Å². The van der Waals surface area contributed by atoms with E-state index in [0.29, 0.717) is 12.0 Å². The quantitative estimate of drug-likeness (QED) is 0.823. The molecule has 2 bridgehead atoms. The van der Waals surface area contributed by atoms with Crippen molar-refractivity contribution in [2.75, 3.05) is 19.8 Å². The standard InChI is InChI=1S/C17H24N2O6/c1-4-24-15(22)18-12-9-17(3,19(18)16(23)25-5-2)11-8-10(6-7-20)14(21)13(11)12/h8,11-13,20H,4-7,9H2,1-3H3/t11-,12+,13+,17-/m1/s1. The fraction of sp³-hybridized carbons (Fsp3) is 0.706. The van der Waals surface area contributed by atoms with Gasteiger partial charge in [0.1, 0.15) is 0 Å². The topological polar surface area (TPSA) is 96.4 Å². The average molecular weight is 352 g/mol. The summed E-state index contributed by atoms with van der Waals surface area (Å²) in [5, 5.41) is 11.8. The second-order valence-corrected chi connectivity index (χ2v) is 6.76. The van der Waals surface area contributed by atoms with Crippen LogP contribution in [0.5, 0.6) is 0 Å². The maximum Gasteiger partial charge on any atom is 0.429 e. The molecule has 3 aliphatic rings. The third-order valence-electron chi connectivity index (χ3n) is 5.43. The maximum absolute atomic E-state index is 12.7. The van der Waals surface area contributed by atoms with Gasteiger partial charge in [-0.05, 0) is 39.2 Å². The van der Waals surface area contributed by atoms with Crippen molar-refractivity contribution in [2.24, 2.45) is 11.8 Å². The number of nitrogens with zero attached hydrogens (tertiary/aromatic N) is 2. The van der Waals surface area contributed by atoms with Gasteiger partial charge in [0.2, 0.25) is 0 Å². The Balaban J connectivity index is 1.99. The second kappa shape index (κ2) is 6.33. The van der Waals surface area contributed by atoms with E-state index < -0.39 is 29.7 Å². The molecule has 1 heterocycles. The predicted octanol–water partition coefficient (Wildman–Crippen LogP) is 1.49. The summed E-state index contributed by atoms with van der Waals surface area (Å²) in [4.78, 5) is 37.8. The number of carbonyl (C=O) groups excluding carboxylic acids is 3. The Morgan fingerprint density at radius 3 is 2.52 bits per heavy atom. The molecule has 1 saturated carbocycles. The minimum atomic E-state index is -0.735. The third-order valence-corrected chi connectivity index (χ3v) is 5.43. The predicted molar refractivity (Wildman–Crippen MR) is 86.3 cm³/mol. The molecule has 2 fully saturated rings. The van der Waals surface area contributed by atoms with Gasteiger partial charge in [0.15, 0.2) is 5.78 Å². The molecule has 2 aliphatic carbocycles. The van der Waals surface area contributed by atoms with Crippen LogP contribution in [-0.4, -0.2) is 64.5 Å². The molecular weight excluding hydrogens is 328 g/mol. The molecule has 3 rings (SSSR count). The number of hydrazine groups is 1. The van der Waals surface area contributed by atoms with Crippen molar-refractivity contribution in [1.82, 2.24) is 10.0 Å². The van der Waals surface area contributed by atoms with E-state index in [2.05, 4.69) is 0 Å². The van der Waals surface area contributed by atoms with E-state index >= 15 is 0 Å². The van der Waals surface area contributed by atoms with E-state index in [1.54, 1.807) is 13.8 Å². The van der Waals surface area contributed by atoms with Gasteiger partial charge >= 0.3 is 12.2 Å². The van der Waals surface area contributed by atoms with Crippen molar-refractivity contribution >= 4 is 18.0 Å². The van der Waals surface area contributed by atoms with Crippen LogP contribution in [0.1, 0.15) is 33.6 Å². The van der Waals surface area contributed by atoms with Crippen LogP contribution >= 0.6 is 0 Å². The van der Waals surface area contributed by atoms with E-state index in [-0.39, 0.29) is 37.9 Å². The first-order valence-electron chi connectivity index (χ1n) is 8.69. The molecule has 1 aliphatic heterocycles. The molecule has 0 aromatic rings. The molecule has 8 nitrogen and oxygen atoms in total. The lowest BCUT2D eigenvalue weighted by Gasteiger charge is -2.45. The molecule has 25 heavy (non-hydrogen) atoms. The molecule has 0 aromatic heterocycles. The molecule has 8 heteroatoms. The smallest absolute Gasteiger partial charge is 0.429 e. The number of carbonyl (C=O) groups is 3. The highest BCUT2D eigenvalue weighted by molar-refractivity contribution is 6.02. The summed E-state index contributed by atoms with van der Waals surface area (Å²) in [6.45, 7) is 5.50. The third kappa shape index (κ3) is 2.42. The molecule has 1 N–H and O–H groups in total. The number of aliphatic hydroxyl groups is 1. The molecule has 0 radical (unpaired) electrons. The van der Waals surface area contributed by atoms with E-state index in [1.165, 1.54) is 10.0 Å². The molecule has 1 saturated heterocycles. The Hall–Kier alpha value is -2.09. The van der Waals surface area contributed by atoms with Gasteiger partial charge in [0.25, 0.3) is 0 Å². The summed E-state index contributed by atoms with van der Waals surface area (Å²) < 4.78 is 10.3. The van der Waals surface area contributed by atoms with Gasteiger partial charge < -0.3 is 14.6 Å². The van der Waals surface area contributed by atoms with Crippen LogP contribution in [0.2, 0.25) is 0 Å². The first-order valence-corrected chi connectivity index (χ1v) is 8.69. The number of hydrogen-bond acceptors (Lipinski definition) is 6. The van der Waals surface area contributed by atoms with Crippen molar-refractivity contribution < 1.29 is 29.0 Å². The van der Waals surface area contributed by atoms with Crippen molar-refractivity contribution in [2.45, 2.75) is 45.2 Å². The average Bonchev–Trinajstić information content (AvgIpc) is 3.14. The van der Waals surface area contributed by atoms with Crippen molar-refractivity contribution in [3.05, 3.63) is 11.6 Å². The van der Waals surface area contributed by atoms with Gasteiger partial charge in [0, 0.05) is 12.5 Å². The zero-order chi connectivity index (χ0) is 18.4. The molecule has 2 amide bonds.